The van der Waals surface area contributed by atoms with Crippen molar-refractivity contribution in [3.63, 3.8) is 0 Å². The number of nitrogens with zero attached hydrogens (tertiary/aromatic N) is 2. The molecule has 0 radical (unpaired) electrons. The molecule has 22 heavy (non-hydrogen) atoms. The average molecular weight is 328 g/mol. The van der Waals surface area contributed by atoms with Gasteiger partial charge in [0.25, 0.3) is 0 Å². The van der Waals surface area contributed by atoms with Crippen LogP contribution in [0.2, 0.25) is 0 Å². The number of para-hydroxylation sites is 1. The van der Waals surface area contributed by atoms with Crippen molar-refractivity contribution in [1.29, 1.82) is 0 Å². The lowest BCUT2D eigenvalue weighted by Gasteiger charge is -2.34. The van der Waals surface area contributed by atoms with E-state index in [4.69, 9.17) is 10.5 Å². The Morgan fingerprint density at radius 3 is 2.05 bits per heavy atom. The number of benzene rings is 1. The van der Waals surface area contributed by atoms with Crippen LogP contribution in [-0.2, 0) is 0 Å². The van der Waals surface area contributed by atoms with Crippen LogP contribution in [-0.4, -0.2) is 62.2 Å². The third-order valence-electron chi connectivity index (χ3n) is 4.02. The maximum atomic E-state index is 5.72. The molecule has 1 fully saturated rings. The molecule has 2 N–H and O–H groups in total. The van der Waals surface area contributed by atoms with Gasteiger partial charge in [0.05, 0.1) is 6.61 Å². The van der Waals surface area contributed by atoms with Gasteiger partial charge in [0, 0.05) is 26.2 Å². The molecule has 1 aromatic rings. The fraction of sp³-hybridized carbons (Fsp3) is 0.647. The first kappa shape index (κ1) is 19.2. The average Bonchev–Trinajstić information content (AvgIpc) is 2.55. The fourth-order valence-electron chi connectivity index (χ4n) is 2.70. The van der Waals surface area contributed by atoms with Crippen LogP contribution in [0, 0.1) is 0 Å². The van der Waals surface area contributed by atoms with Crippen molar-refractivity contribution in [3.05, 3.63) is 30.3 Å². The molecule has 1 aliphatic rings. The second-order valence-corrected chi connectivity index (χ2v) is 5.69. The number of nitrogens with two attached hydrogens (primary N) is 1. The molecule has 0 spiro atoms. The van der Waals surface area contributed by atoms with Gasteiger partial charge in [-0.05, 0) is 51.0 Å². The maximum absolute atomic E-state index is 5.72. The van der Waals surface area contributed by atoms with Gasteiger partial charge in [-0.1, -0.05) is 18.2 Å². The molecule has 0 unspecified atom stereocenters. The molecule has 5 heteroatoms. The molecule has 1 heterocycles. The quantitative estimate of drug-likeness (QED) is 0.706. The predicted molar refractivity (Wildman–Crippen MR) is 95.0 cm³/mol. The number of hydrogen-bond acceptors (Lipinski definition) is 4. The Balaban J connectivity index is 0.00000242. The van der Waals surface area contributed by atoms with Gasteiger partial charge in [-0.3, -0.25) is 0 Å². The summed E-state index contributed by atoms with van der Waals surface area (Å²) in [5.74, 6) is 0.978. The van der Waals surface area contributed by atoms with Gasteiger partial charge in [-0.25, -0.2) is 0 Å². The van der Waals surface area contributed by atoms with E-state index in [1.54, 1.807) is 0 Å². The van der Waals surface area contributed by atoms with Crippen LogP contribution < -0.4 is 10.5 Å². The molecular weight excluding hydrogens is 298 g/mol. The highest BCUT2D eigenvalue weighted by atomic mass is 35.5. The molecule has 0 aliphatic carbocycles. The summed E-state index contributed by atoms with van der Waals surface area (Å²) in [6.45, 7) is 8.77. The molecular formula is C17H30ClN3O. The minimum atomic E-state index is 0. The largest absolute Gasteiger partial charge is 0.494 e. The second kappa shape index (κ2) is 11.7. The second-order valence-electron chi connectivity index (χ2n) is 5.69. The Kier molecular flexibility index (Phi) is 10.2. The van der Waals surface area contributed by atoms with E-state index in [9.17, 15) is 0 Å². The third kappa shape index (κ3) is 7.45. The van der Waals surface area contributed by atoms with Crippen LogP contribution in [0.4, 0.5) is 0 Å². The van der Waals surface area contributed by atoms with Gasteiger partial charge in [0.1, 0.15) is 5.75 Å². The first-order valence-electron chi connectivity index (χ1n) is 8.21. The number of unbranched alkanes of at least 4 members (excludes halogenated alkanes) is 1. The molecule has 0 atom stereocenters. The summed E-state index contributed by atoms with van der Waals surface area (Å²) in [6, 6.07) is 10.1. The van der Waals surface area contributed by atoms with Crippen molar-refractivity contribution in [2.24, 2.45) is 5.73 Å². The predicted octanol–water partition coefficient (Wildman–Crippen LogP) is 2.23. The van der Waals surface area contributed by atoms with E-state index in [2.05, 4.69) is 9.80 Å². The number of halogens is 1. The number of piperazine rings is 1. The van der Waals surface area contributed by atoms with Gasteiger partial charge in [-0.15, -0.1) is 12.4 Å². The van der Waals surface area contributed by atoms with Crippen molar-refractivity contribution in [2.45, 2.75) is 19.3 Å². The molecule has 126 valence electrons. The van der Waals surface area contributed by atoms with Crippen molar-refractivity contribution >= 4 is 12.4 Å². The highest BCUT2D eigenvalue weighted by molar-refractivity contribution is 5.85. The smallest absolute Gasteiger partial charge is 0.119 e. The first-order valence-corrected chi connectivity index (χ1v) is 8.21. The summed E-state index contributed by atoms with van der Waals surface area (Å²) in [6.07, 6.45) is 3.47. The van der Waals surface area contributed by atoms with Crippen LogP contribution in [0.1, 0.15) is 19.3 Å². The highest BCUT2D eigenvalue weighted by Gasteiger charge is 2.15. The Labute approximate surface area is 141 Å². The van der Waals surface area contributed by atoms with E-state index in [0.29, 0.717) is 0 Å². The fourth-order valence-corrected chi connectivity index (χ4v) is 2.70. The van der Waals surface area contributed by atoms with Crippen LogP contribution in [0.15, 0.2) is 30.3 Å². The van der Waals surface area contributed by atoms with Gasteiger partial charge in [-0.2, -0.15) is 0 Å². The van der Waals surface area contributed by atoms with Crippen LogP contribution in [0.25, 0.3) is 0 Å². The van der Waals surface area contributed by atoms with Crippen LogP contribution >= 0.6 is 12.4 Å². The lowest BCUT2D eigenvalue weighted by atomic mass is 10.2. The van der Waals surface area contributed by atoms with Crippen molar-refractivity contribution in [1.82, 2.24) is 9.80 Å². The van der Waals surface area contributed by atoms with Crippen LogP contribution in [0.5, 0.6) is 5.75 Å². The van der Waals surface area contributed by atoms with Gasteiger partial charge < -0.3 is 20.3 Å². The van der Waals surface area contributed by atoms with E-state index in [1.807, 2.05) is 30.3 Å². The van der Waals surface area contributed by atoms with E-state index in [0.717, 1.165) is 38.3 Å². The zero-order chi connectivity index (χ0) is 14.8. The minimum Gasteiger partial charge on any atom is -0.494 e. The van der Waals surface area contributed by atoms with Crippen molar-refractivity contribution in [3.8, 4) is 5.75 Å². The minimum absolute atomic E-state index is 0. The zero-order valence-electron chi connectivity index (χ0n) is 13.5. The summed E-state index contributed by atoms with van der Waals surface area (Å²) in [5, 5.41) is 0. The Morgan fingerprint density at radius 1 is 0.864 bits per heavy atom. The maximum Gasteiger partial charge on any atom is 0.119 e. The molecule has 4 nitrogen and oxygen atoms in total. The Morgan fingerprint density at radius 2 is 1.45 bits per heavy atom. The Hall–Kier alpha value is -0.810. The topological polar surface area (TPSA) is 41.7 Å². The molecule has 0 bridgehead atoms. The summed E-state index contributed by atoms with van der Waals surface area (Å²) < 4.78 is 5.72. The molecule has 2 rings (SSSR count). The Bertz CT molecular complexity index is 369. The van der Waals surface area contributed by atoms with E-state index in [1.165, 1.54) is 39.1 Å². The lowest BCUT2D eigenvalue weighted by molar-refractivity contribution is 0.129. The molecule has 0 amide bonds. The summed E-state index contributed by atoms with van der Waals surface area (Å²) >= 11 is 0. The van der Waals surface area contributed by atoms with Gasteiger partial charge in [0.2, 0.25) is 0 Å². The molecule has 0 aromatic heterocycles. The molecule has 1 aliphatic heterocycles. The standard InChI is InChI=1S/C17H29N3O.ClH/c18-9-6-11-20-14-12-19(13-15-20)10-4-5-16-21-17-7-2-1-3-8-17;/h1-3,7-8H,4-6,9-16,18H2;1H. The first-order chi connectivity index (χ1) is 10.4. The van der Waals surface area contributed by atoms with E-state index >= 15 is 0 Å². The molecule has 0 saturated carbocycles. The summed E-state index contributed by atoms with van der Waals surface area (Å²) in [5.41, 5.74) is 5.56. The summed E-state index contributed by atoms with van der Waals surface area (Å²) in [7, 11) is 0. The van der Waals surface area contributed by atoms with E-state index < -0.39 is 0 Å². The van der Waals surface area contributed by atoms with Crippen molar-refractivity contribution in [2.75, 3.05) is 52.4 Å². The highest BCUT2D eigenvalue weighted by Crippen LogP contribution is 2.09. The number of rotatable bonds is 9. The van der Waals surface area contributed by atoms with Crippen LogP contribution in [0.3, 0.4) is 0 Å². The van der Waals surface area contributed by atoms with Crippen molar-refractivity contribution < 1.29 is 4.74 Å². The van der Waals surface area contributed by atoms with E-state index in [-0.39, 0.29) is 12.4 Å². The zero-order valence-corrected chi connectivity index (χ0v) is 14.3. The SMILES string of the molecule is Cl.NCCCN1CCN(CCCCOc2ccccc2)CC1. The molecule has 1 aromatic carbocycles. The number of hydrogen-bond donors (Lipinski definition) is 1. The monoisotopic (exact) mass is 327 g/mol. The summed E-state index contributed by atoms with van der Waals surface area (Å²) in [4.78, 5) is 5.10. The normalized spacial score (nSPS) is 16.2. The van der Waals surface area contributed by atoms with Gasteiger partial charge in [0.15, 0.2) is 0 Å². The molecule has 1 saturated heterocycles. The lowest BCUT2D eigenvalue weighted by Crippen LogP contribution is -2.47. The third-order valence-corrected chi connectivity index (χ3v) is 4.02. The van der Waals surface area contributed by atoms with Gasteiger partial charge >= 0.3 is 0 Å². The number of ether oxygens (including phenoxy) is 1.